The van der Waals surface area contributed by atoms with Gasteiger partial charge < -0.3 is 9.52 Å². The molecule has 6 heteroatoms. The Kier molecular flexibility index (Phi) is 2.84. The molecule has 0 saturated heterocycles. The van der Waals surface area contributed by atoms with Gasteiger partial charge in [0.15, 0.2) is 5.58 Å². The molecule has 1 fully saturated rings. The Morgan fingerprint density at radius 2 is 2.11 bits per heavy atom. The first-order valence-electron chi connectivity index (χ1n) is 5.34. The van der Waals surface area contributed by atoms with Crippen molar-refractivity contribution in [3.8, 4) is 0 Å². The van der Waals surface area contributed by atoms with Crippen LogP contribution in [0.25, 0.3) is 11.0 Å². The van der Waals surface area contributed by atoms with Crippen LogP contribution in [0.15, 0.2) is 15.0 Å². The number of carboxylic acids is 1. The van der Waals surface area contributed by atoms with Gasteiger partial charge in [-0.2, -0.15) is 0 Å². The number of fused-ring (bicyclic) bond motifs is 1. The minimum Gasteiger partial charge on any atom is -0.475 e. The molecular weight excluding hydrogens is 343 g/mol. The summed E-state index contributed by atoms with van der Waals surface area (Å²) in [4.78, 5) is 11.2. The Balaban J connectivity index is 2.45. The van der Waals surface area contributed by atoms with Crippen LogP contribution < -0.4 is 0 Å². The molecule has 1 aromatic carbocycles. The fourth-order valence-corrected chi connectivity index (χ4v) is 3.15. The third-order valence-corrected chi connectivity index (χ3v) is 4.55. The second-order valence-electron chi connectivity index (χ2n) is 4.28. The van der Waals surface area contributed by atoms with Gasteiger partial charge in [0.25, 0.3) is 0 Å². The van der Waals surface area contributed by atoms with Crippen LogP contribution in [0.5, 0.6) is 0 Å². The minimum absolute atomic E-state index is 0.0469. The Bertz CT molecular complexity index is 674. The molecule has 3 nitrogen and oxygen atoms in total. The summed E-state index contributed by atoms with van der Waals surface area (Å²) in [5.74, 6) is -0.925. The van der Waals surface area contributed by atoms with E-state index in [0.717, 1.165) is 12.8 Å². The van der Waals surface area contributed by atoms with Crippen molar-refractivity contribution in [1.82, 2.24) is 0 Å². The largest absolute Gasteiger partial charge is 0.475 e. The van der Waals surface area contributed by atoms with E-state index < -0.39 is 5.97 Å². The van der Waals surface area contributed by atoms with E-state index >= 15 is 0 Å². The van der Waals surface area contributed by atoms with Crippen LogP contribution in [-0.4, -0.2) is 11.1 Å². The smallest absolute Gasteiger partial charge is 0.372 e. The summed E-state index contributed by atoms with van der Waals surface area (Å²) >= 11 is 15.6. The van der Waals surface area contributed by atoms with Gasteiger partial charge in [-0.05, 0) is 40.8 Å². The van der Waals surface area contributed by atoms with E-state index in [-0.39, 0.29) is 11.7 Å². The standard InChI is InChI=1S/C12H7BrCl2O3/c13-5-3-6(14)10-8(9(5)15)7(4-1-2-4)11(18-10)12(16)17/h3-4H,1-2H2,(H,16,17). The van der Waals surface area contributed by atoms with Gasteiger partial charge in [0.05, 0.1) is 10.0 Å². The third-order valence-electron chi connectivity index (χ3n) is 3.02. The second kappa shape index (κ2) is 4.15. The van der Waals surface area contributed by atoms with E-state index in [1.165, 1.54) is 0 Å². The van der Waals surface area contributed by atoms with Crippen LogP contribution in [-0.2, 0) is 0 Å². The Morgan fingerprint density at radius 3 is 2.67 bits per heavy atom. The summed E-state index contributed by atoms with van der Waals surface area (Å²) in [5.41, 5.74) is 1.02. The summed E-state index contributed by atoms with van der Waals surface area (Å²) in [7, 11) is 0. The van der Waals surface area contributed by atoms with E-state index in [1.54, 1.807) is 6.07 Å². The maximum absolute atomic E-state index is 11.2. The number of aromatic carboxylic acids is 1. The predicted octanol–water partition coefficient (Wildman–Crippen LogP) is 5.08. The molecule has 1 aromatic heterocycles. The van der Waals surface area contributed by atoms with Gasteiger partial charge in [-0.1, -0.05) is 23.2 Å². The van der Waals surface area contributed by atoms with Gasteiger partial charge in [0.2, 0.25) is 5.76 Å². The van der Waals surface area contributed by atoms with E-state index in [0.29, 0.717) is 31.1 Å². The number of benzene rings is 1. The van der Waals surface area contributed by atoms with Crippen molar-refractivity contribution in [1.29, 1.82) is 0 Å². The highest BCUT2D eigenvalue weighted by Crippen LogP contribution is 2.50. The molecule has 0 amide bonds. The highest BCUT2D eigenvalue weighted by molar-refractivity contribution is 9.10. The summed E-state index contributed by atoms with van der Waals surface area (Å²) in [6, 6.07) is 1.61. The first-order valence-corrected chi connectivity index (χ1v) is 6.88. The predicted molar refractivity (Wildman–Crippen MR) is 72.9 cm³/mol. The molecule has 1 aliphatic rings. The van der Waals surface area contributed by atoms with Crippen LogP contribution in [0.2, 0.25) is 10.0 Å². The van der Waals surface area contributed by atoms with Gasteiger partial charge in [-0.15, -0.1) is 0 Å². The summed E-state index contributed by atoms with van der Waals surface area (Å²) in [5, 5.41) is 10.6. The molecule has 0 bridgehead atoms. The molecule has 18 heavy (non-hydrogen) atoms. The number of rotatable bonds is 2. The lowest BCUT2D eigenvalue weighted by Crippen LogP contribution is -1.97. The lowest BCUT2D eigenvalue weighted by molar-refractivity contribution is 0.0663. The van der Waals surface area contributed by atoms with E-state index in [4.69, 9.17) is 27.6 Å². The van der Waals surface area contributed by atoms with Gasteiger partial charge >= 0.3 is 5.97 Å². The number of furan rings is 1. The monoisotopic (exact) mass is 348 g/mol. The van der Waals surface area contributed by atoms with Gasteiger partial charge in [0.1, 0.15) is 0 Å². The molecule has 1 saturated carbocycles. The van der Waals surface area contributed by atoms with Crippen LogP contribution in [0.4, 0.5) is 0 Å². The average Bonchev–Trinajstić information content (AvgIpc) is 3.05. The zero-order valence-electron chi connectivity index (χ0n) is 8.97. The third kappa shape index (κ3) is 1.75. The Labute approximate surface area is 121 Å². The topological polar surface area (TPSA) is 50.4 Å². The molecule has 0 atom stereocenters. The van der Waals surface area contributed by atoms with Crippen LogP contribution >= 0.6 is 39.1 Å². The quantitative estimate of drug-likeness (QED) is 0.769. The lowest BCUT2D eigenvalue weighted by atomic mass is 10.1. The SMILES string of the molecule is O=C(O)c1oc2c(Cl)cc(Br)c(Cl)c2c1C1CC1. The fourth-order valence-electron chi connectivity index (χ4n) is 2.11. The van der Waals surface area contributed by atoms with Crippen molar-refractivity contribution in [2.45, 2.75) is 18.8 Å². The van der Waals surface area contributed by atoms with Crippen molar-refractivity contribution >= 4 is 56.1 Å². The average molecular weight is 350 g/mol. The van der Waals surface area contributed by atoms with E-state index in [9.17, 15) is 9.90 Å². The first-order chi connectivity index (χ1) is 8.50. The van der Waals surface area contributed by atoms with E-state index in [1.807, 2.05) is 0 Å². The van der Waals surface area contributed by atoms with Gasteiger partial charge in [-0.25, -0.2) is 4.79 Å². The normalized spacial score (nSPS) is 15.3. The highest BCUT2D eigenvalue weighted by atomic mass is 79.9. The molecule has 94 valence electrons. The highest BCUT2D eigenvalue weighted by Gasteiger charge is 2.35. The fraction of sp³-hybridized carbons (Fsp3) is 0.250. The molecule has 0 aliphatic heterocycles. The maximum atomic E-state index is 11.2. The molecular formula is C12H7BrCl2O3. The zero-order valence-corrected chi connectivity index (χ0v) is 12.1. The summed E-state index contributed by atoms with van der Waals surface area (Å²) in [6.07, 6.45) is 1.91. The zero-order chi connectivity index (χ0) is 13.0. The number of halogens is 3. The number of hydrogen-bond donors (Lipinski definition) is 1. The molecule has 1 N–H and O–H groups in total. The number of hydrogen-bond acceptors (Lipinski definition) is 2. The minimum atomic E-state index is -1.09. The summed E-state index contributed by atoms with van der Waals surface area (Å²) in [6.45, 7) is 0. The van der Waals surface area contributed by atoms with Crippen molar-refractivity contribution in [2.75, 3.05) is 0 Å². The molecule has 1 aliphatic carbocycles. The van der Waals surface area contributed by atoms with Crippen molar-refractivity contribution in [2.24, 2.45) is 0 Å². The lowest BCUT2D eigenvalue weighted by Gasteiger charge is -2.01. The van der Waals surface area contributed by atoms with Crippen molar-refractivity contribution in [3.63, 3.8) is 0 Å². The maximum Gasteiger partial charge on any atom is 0.372 e. The summed E-state index contributed by atoms with van der Waals surface area (Å²) < 4.78 is 6.03. The molecule has 2 aromatic rings. The molecule has 0 radical (unpaired) electrons. The molecule has 1 heterocycles. The van der Waals surface area contributed by atoms with Gasteiger partial charge in [0, 0.05) is 15.4 Å². The first kappa shape index (κ1) is 12.3. The van der Waals surface area contributed by atoms with Crippen LogP contribution in [0.3, 0.4) is 0 Å². The molecule has 0 unspecified atom stereocenters. The van der Waals surface area contributed by atoms with Crippen LogP contribution in [0.1, 0.15) is 34.9 Å². The number of carboxylic acid groups (broad SMARTS) is 1. The number of carbonyl (C=O) groups is 1. The van der Waals surface area contributed by atoms with Crippen molar-refractivity contribution in [3.05, 3.63) is 31.9 Å². The Morgan fingerprint density at radius 1 is 1.44 bits per heavy atom. The van der Waals surface area contributed by atoms with E-state index in [2.05, 4.69) is 15.9 Å². The molecule has 0 spiro atoms. The van der Waals surface area contributed by atoms with Crippen molar-refractivity contribution < 1.29 is 14.3 Å². The van der Waals surface area contributed by atoms with Gasteiger partial charge in [-0.3, -0.25) is 0 Å². The Hall–Kier alpha value is -0.710. The molecule has 3 rings (SSSR count). The van der Waals surface area contributed by atoms with Crippen LogP contribution in [0, 0.1) is 0 Å². The second-order valence-corrected chi connectivity index (χ2v) is 5.92.